The van der Waals surface area contributed by atoms with Crippen LogP contribution in [-0.4, -0.2) is 53.5 Å². The van der Waals surface area contributed by atoms with Crippen molar-refractivity contribution in [3.63, 3.8) is 0 Å². The largest absolute Gasteiger partial charge is 0.340 e. The van der Waals surface area contributed by atoms with E-state index in [-0.39, 0.29) is 31.8 Å². The van der Waals surface area contributed by atoms with Gasteiger partial charge in [-0.2, -0.15) is 5.26 Å². The monoisotopic (exact) mass is 329 g/mol. The Morgan fingerprint density at radius 3 is 2.12 bits per heavy atom. The van der Waals surface area contributed by atoms with Gasteiger partial charge in [-0.25, -0.2) is 4.39 Å². The molecule has 126 valence electrons. The van der Waals surface area contributed by atoms with Crippen molar-refractivity contribution in [3.8, 4) is 6.07 Å². The maximum Gasteiger partial charge on any atom is 0.260 e. The number of rotatable bonds is 2. The second-order valence-corrected chi connectivity index (χ2v) is 6.45. The van der Waals surface area contributed by atoms with Crippen LogP contribution in [0.5, 0.6) is 0 Å². The molecule has 0 radical (unpaired) electrons. The summed E-state index contributed by atoms with van der Waals surface area (Å²) in [6.45, 7) is 1.74. The Kier molecular flexibility index (Phi) is 4.52. The maximum atomic E-state index is 15.0. The molecule has 0 N–H and O–H groups in total. The van der Waals surface area contributed by atoms with Crippen LogP contribution >= 0.6 is 0 Å². The number of piperidine rings is 1. The van der Waals surface area contributed by atoms with Gasteiger partial charge in [-0.3, -0.25) is 9.59 Å². The van der Waals surface area contributed by atoms with Crippen LogP contribution < -0.4 is 0 Å². The van der Waals surface area contributed by atoms with Gasteiger partial charge < -0.3 is 9.80 Å². The van der Waals surface area contributed by atoms with E-state index in [2.05, 4.69) is 0 Å². The zero-order chi connectivity index (χ0) is 17.2. The molecular formula is C18H20FN3O2. The minimum Gasteiger partial charge on any atom is -0.340 e. The highest BCUT2D eigenvalue weighted by Gasteiger charge is 2.45. The van der Waals surface area contributed by atoms with Gasteiger partial charge >= 0.3 is 0 Å². The third-order valence-electron chi connectivity index (χ3n) is 4.88. The van der Waals surface area contributed by atoms with Crippen LogP contribution in [0.2, 0.25) is 0 Å². The highest BCUT2D eigenvalue weighted by Crippen LogP contribution is 2.30. The first-order valence-corrected chi connectivity index (χ1v) is 8.31. The second-order valence-electron chi connectivity index (χ2n) is 6.45. The lowest BCUT2D eigenvalue weighted by atomic mass is 9.91. The number of carbonyl (C=O) groups excluding carboxylic acids is 2. The number of carbonyl (C=O) groups is 2. The Hall–Kier alpha value is -2.42. The number of likely N-dealkylation sites (tertiary alicyclic amines) is 2. The molecule has 0 unspecified atom stereocenters. The molecule has 1 aromatic rings. The molecule has 0 spiro atoms. The summed E-state index contributed by atoms with van der Waals surface area (Å²) in [6.07, 6.45) is 1.96. The summed E-state index contributed by atoms with van der Waals surface area (Å²) in [7, 11) is 0. The molecule has 0 aliphatic carbocycles. The van der Waals surface area contributed by atoms with Crippen molar-refractivity contribution < 1.29 is 14.0 Å². The molecule has 2 fully saturated rings. The third kappa shape index (κ3) is 3.12. The lowest BCUT2D eigenvalue weighted by molar-refractivity contribution is -0.145. The number of alkyl halides is 1. The molecule has 0 atom stereocenters. The van der Waals surface area contributed by atoms with Gasteiger partial charge in [0.1, 0.15) is 0 Å². The van der Waals surface area contributed by atoms with Gasteiger partial charge in [0, 0.05) is 44.6 Å². The summed E-state index contributed by atoms with van der Waals surface area (Å²) in [5, 5.41) is 8.79. The number of hydrogen-bond donors (Lipinski definition) is 0. The smallest absolute Gasteiger partial charge is 0.260 e. The third-order valence-corrected chi connectivity index (χ3v) is 4.88. The van der Waals surface area contributed by atoms with Gasteiger partial charge in [-0.15, -0.1) is 0 Å². The number of hydrogen-bond acceptors (Lipinski definition) is 3. The molecule has 6 heteroatoms. The molecule has 2 aliphatic rings. The Bertz CT molecular complexity index is 666. The van der Waals surface area contributed by atoms with Gasteiger partial charge in [0.2, 0.25) is 0 Å². The standard InChI is InChI=1S/C18H20FN3O2/c19-18(17(24)22-9-1-2-10-22)7-11-21(12-8-18)16(23)15-5-3-14(13-20)4-6-15/h3-6H,1-2,7-12H2. The molecule has 1 aromatic carbocycles. The molecule has 3 rings (SSSR count). The minimum absolute atomic E-state index is 0.0460. The van der Waals surface area contributed by atoms with Crippen LogP contribution in [0.15, 0.2) is 24.3 Å². The van der Waals surface area contributed by atoms with Crippen molar-refractivity contribution in [3.05, 3.63) is 35.4 Å². The van der Waals surface area contributed by atoms with Crippen molar-refractivity contribution in [1.29, 1.82) is 5.26 Å². The normalized spacial score (nSPS) is 19.8. The van der Waals surface area contributed by atoms with E-state index in [9.17, 15) is 14.0 Å². The van der Waals surface area contributed by atoms with Crippen molar-refractivity contribution in [1.82, 2.24) is 9.80 Å². The van der Waals surface area contributed by atoms with Crippen LogP contribution in [0.3, 0.4) is 0 Å². The van der Waals surface area contributed by atoms with Crippen LogP contribution in [0.1, 0.15) is 41.6 Å². The molecular weight excluding hydrogens is 309 g/mol. The zero-order valence-electron chi connectivity index (χ0n) is 13.5. The number of nitriles is 1. The van der Waals surface area contributed by atoms with Gasteiger partial charge in [0.25, 0.3) is 11.8 Å². The molecule has 2 heterocycles. The molecule has 0 bridgehead atoms. The maximum absolute atomic E-state index is 15.0. The number of benzene rings is 1. The molecule has 0 aromatic heterocycles. The van der Waals surface area contributed by atoms with Crippen LogP contribution in [0, 0.1) is 11.3 Å². The zero-order valence-corrected chi connectivity index (χ0v) is 13.5. The van der Waals surface area contributed by atoms with Crippen molar-refractivity contribution >= 4 is 11.8 Å². The number of nitrogens with zero attached hydrogens (tertiary/aromatic N) is 3. The summed E-state index contributed by atoms with van der Waals surface area (Å²) in [5.41, 5.74) is -0.874. The molecule has 2 aliphatic heterocycles. The predicted octanol–water partition coefficient (Wildman–Crippen LogP) is 2.12. The van der Waals surface area contributed by atoms with Gasteiger partial charge in [0.05, 0.1) is 11.6 Å². The Morgan fingerprint density at radius 1 is 1.00 bits per heavy atom. The average molecular weight is 329 g/mol. The molecule has 2 amide bonds. The summed E-state index contributed by atoms with van der Waals surface area (Å²) >= 11 is 0. The van der Waals surface area contributed by atoms with E-state index in [1.807, 2.05) is 6.07 Å². The van der Waals surface area contributed by atoms with Gasteiger partial charge in [-0.1, -0.05) is 0 Å². The predicted molar refractivity (Wildman–Crippen MR) is 85.9 cm³/mol. The number of amides is 2. The Balaban J connectivity index is 1.62. The molecule has 0 saturated carbocycles. The van der Waals surface area contributed by atoms with E-state index >= 15 is 0 Å². The molecule has 24 heavy (non-hydrogen) atoms. The first-order chi connectivity index (χ1) is 11.5. The highest BCUT2D eigenvalue weighted by atomic mass is 19.1. The van der Waals surface area contributed by atoms with E-state index in [0.717, 1.165) is 12.8 Å². The van der Waals surface area contributed by atoms with E-state index in [1.54, 1.807) is 34.1 Å². The highest BCUT2D eigenvalue weighted by molar-refractivity contribution is 5.94. The number of halogens is 1. The van der Waals surface area contributed by atoms with Crippen molar-refractivity contribution in [2.45, 2.75) is 31.4 Å². The fourth-order valence-corrected chi connectivity index (χ4v) is 3.35. The van der Waals surface area contributed by atoms with E-state index in [0.29, 0.717) is 24.2 Å². The lowest BCUT2D eigenvalue weighted by Gasteiger charge is -2.37. The topological polar surface area (TPSA) is 64.4 Å². The fourth-order valence-electron chi connectivity index (χ4n) is 3.35. The molecule has 5 nitrogen and oxygen atoms in total. The van der Waals surface area contributed by atoms with Crippen molar-refractivity contribution in [2.75, 3.05) is 26.2 Å². The Labute approximate surface area is 140 Å². The quantitative estimate of drug-likeness (QED) is 0.835. The summed E-state index contributed by atoms with van der Waals surface area (Å²) in [6, 6.07) is 8.40. The van der Waals surface area contributed by atoms with E-state index < -0.39 is 11.6 Å². The first kappa shape index (κ1) is 16.4. The Morgan fingerprint density at radius 2 is 1.58 bits per heavy atom. The summed E-state index contributed by atoms with van der Waals surface area (Å²) in [4.78, 5) is 28.0. The second kappa shape index (κ2) is 6.60. The van der Waals surface area contributed by atoms with Crippen LogP contribution in [0.4, 0.5) is 4.39 Å². The van der Waals surface area contributed by atoms with Crippen molar-refractivity contribution in [2.24, 2.45) is 0 Å². The minimum atomic E-state index is -1.84. The van der Waals surface area contributed by atoms with E-state index in [1.165, 1.54) is 0 Å². The lowest BCUT2D eigenvalue weighted by Crippen LogP contribution is -2.52. The first-order valence-electron chi connectivity index (χ1n) is 8.31. The van der Waals surface area contributed by atoms with Gasteiger partial charge in [0.15, 0.2) is 5.67 Å². The van der Waals surface area contributed by atoms with E-state index in [4.69, 9.17) is 5.26 Å². The average Bonchev–Trinajstić information content (AvgIpc) is 3.16. The van der Waals surface area contributed by atoms with Crippen LogP contribution in [-0.2, 0) is 4.79 Å². The van der Waals surface area contributed by atoms with Crippen LogP contribution in [0.25, 0.3) is 0 Å². The molecule has 2 saturated heterocycles. The summed E-state index contributed by atoms with van der Waals surface area (Å²) in [5.74, 6) is -0.597. The SMILES string of the molecule is N#Cc1ccc(C(=O)N2CCC(F)(C(=O)N3CCCC3)CC2)cc1. The van der Waals surface area contributed by atoms with Gasteiger partial charge in [-0.05, 0) is 37.1 Å². The fraction of sp³-hybridized carbons (Fsp3) is 0.500. The summed E-state index contributed by atoms with van der Waals surface area (Å²) < 4.78 is 15.0.